The monoisotopic (exact) mass is 444 g/mol. The van der Waals surface area contributed by atoms with Gasteiger partial charge in [0.05, 0.1) is 9.79 Å². The fourth-order valence-corrected chi connectivity index (χ4v) is 9.57. The molecule has 6 nitrogen and oxygen atoms in total. The van der Waals surface area contributed by atoms with Crippen molar-refractivity contribution in [2.75, 3.05) is 11.4 Å². The summed E-state index contributed by atoms with van der Waals surface area (Å²) in [5, 5.41) is 0. The maximum absolute atomic E-state index is 16.9. The number of sulfone groups is 2. The van der Waals surface area contributed by atoms with Crippen LogP contribution in [-0.2, 0) is 26.1 Å². The number of rotatable bonds is 2. The maximum atomic E-state index is 16.9. The Kier molecular flexibility index (Phi) is 4.07. The standard InChI is InChI=1S/C21H17FN2O4S2/c22-21(29(25,26)17-9-3-4-10-18(17)30(21,27)28)20-16-8-2-1-7-15(16)12-14-24(20)19-11-5-6-13-23-19/h1-11,13,20H,12,14H2. The van der Waals surface area contributed by atoms with E-state index in [9.17, 15) is 16.8 Å². The number of pyridine rings is 1. The van der Waals surface area contributed by atoms with Gasteiger partial charge in [-0.3, -0.25) is 0 Å². The van der Waals surface area contributed by atoms with Crippen LogP contribution in [0.2, 0.25) is 0 Å². The number of anilines is 1. The number of fused-ring (bicyclic) bond motifs is 2. The van der Waals surface area contributed by atoms with Crippen LogP contribution in [0.4, 0.5) is 10.2 Å². The molecular weight excluding hydrogens is 427 g/mol. The predicted molar refractivity (Wildman–Crippen MR) is 109 cm³/mol. The van der Waals surface area contributed by atoms with Gasteiger partial charge in [0.2, 0.25) is 19.7 Å². The van der Waals surface area contributed by atoms with Crippen LogP contribution in [0.1, 0.15) is 17.2 Å². The van der Waals surface area contributed by atoms with E-state index in [2.05, 4.69) is 4.98 Å². The molecule has 0 saturated carbocycles. The Balaban J connectivity index is 1.84. The summed E-state index contributed by atoms with van der Waals surface area (Å²) in [6.07, 6.45) is 2.01. The van der Waals surface area contributed by atoms with E-state index in [4.69, 9.17) is 0 Å². The quantitative estimate of drug-likeness (QED) is 0.604. The van der Waals surface area contributed by atoms with Crippen molar-refractivity contribution in [2.45, 2.75) is 26.6 Å². The molecule has 1 unspecified atom stereocenters. The summed E-state index contributed by atoms with van der Waals surface area (Å²) in [6.45, 7) is 0.228. The molecule has 0 amide bonds. The summed E-state index contributed by atoms with van der Waals surface area (Å²) in [5.41, 5.74) is 1.05. The van der Waals surface area contributed by atoms with Gasteiger partial charge in [-0.05, 0) is 41.8 Å². The van der Waals surface area contributed by atoms with Crippen molar-refractivity contribution < 1.29 is 21.2 Å². The third-order valence-corrected chi connectivity index (χ3v) is 10.9. The Labute approximate surface area is 173 Å². The Morgan fingerprint density at radius 1 is 0.867 bits per heavy atom. The molecule has 3 aromatic rings. The highest BCUT2D eigenvalue weighted by Crippen LogP contribution is 2.56. The van der Waals surface area contributed by atoms with Gasteiger partial charge in [-0.15, -0.1) is 0 Å². The lowest BCUT2D eigenvalue weighted by Gasteiger charge is -2.42. The Hall–Kier alpha value is -2.78. The Morgan fingerprint density at radius 3 is 2.10 bits per heavy atom. The van der Waals surface area contributed by atoms with E-state index >= 15 is 4.39 Å². The molecule has 0 bridgehead atoms. The lowest BCUT2D eigenvalue weighted by Crippen LogP contribution is -2.53. The number of hydrogen-bond donors (Lipinski definition) is 0. The minimum Gasteiger partial charge on any atom is -0.344 e. The summed E-state index contributed by atoms with van der Waals surface area (Å²) in [6, 6.07) is 15.2. The van der Waals surface area contributed by atoms with Crippen molar-refractivity contribution in [1.29, 1.82) is 0 Å². The van der Waals surface area contributed by atoms with Crippen molar-refractivity contribution in [2.24, 2.45) is 0 Å². The molecule has 3 heterocycles. The van der Waals surface area contributed by atoms with Gasteiger partial charge in [-0.25, -0.2) is 26.2 Å². The van der Waals surface area contributed by atoms with Crippen LogP contribution in [0.3, 0.4) is 0 Å². The van der Waals surface area contributed by atoms with Gasteiger partial charge < -0.3 is 4.90 Å². The minimum atomic E-state index is -4.86. The molecule has 2 aliphatic heterocycles. The van der Waals surface area contributed by atoms with Gasteiger partial charge in [0, 0.05) is 12.7 Å². The Bertz CT molecular complexity index is 1310. The van der Waals surface area contributed by atoms with Crippen LogP contribution in [0, 0.1) is 0 Å². The van der Waals surface area contributed by atoms with Gasteiger partial charge in [0.25, 0.3) is 0 Å². The zero-order valence-electron chi connectivity index (χ0n) is 15.6. The highest BCUT2D eigenvalue weighted by atomic mass is 32.3. The van der Waals surface area contributed by atoms with E-state index in [0.717, 1.165) is 12.1 Å². The van der Waals surface area contributed by atoms with Crippen molar-refractivity contribution in [3.05, 3.63) is 84.1 Å². The lowest BCUT2D eigenvalue weighted by atomic mass is 9.93. The summed E-state index contributed by atoms with van der Waals surface area (Å²) in [7, 11) is -9.72. The Morgan fingerprint density at radius 2 is 1.47 bits per heavy atom. The first-order valence-electron chi connectivity index (χ1n) is 9.33. The molecule has 154 valence electrons. The molecule has 0 fully saturated rings. The van der Waals surface area contributed by atoms with E-state index in [-0.39, 0.29) is 6.54 Å². The first-order valence-corrected chi connectivity index (χ1v) is 12.3. The maximum Gasteiger partial charge on any atom is 0.341 e. The van der Waals surface area contributed by atoms with Crippen LogP contribution in [0.15, 0.2) is 82.7 Å². The van der Waals surface area contributed by atoms with Gasteiger partial charge in [-0.1, -0.05) is 42.5 Å². The number of aromatic nitrogens is 1. The average molecular weight is 445 g/mol. The van der Waals surface area contributed by atoms with Gasteiger partial charge in [-0.2, -0.15) is 0 Å². The SMILES string of the molecule is O=S1(=O)c2ccccc2S(=O)(=O)C1(F)C1c2ccccc2CCN1c1ccccn1. The normalized spacial score (nSPS) is 22.8. The van der Waals surface area contributed by atoms with E-state index < -0.39 is 39.8 Å². The number of halogens is 1. The van der Waals surface area contributed by atoms with E-state index in [1.165, 1.54) is 23.2 Å². The lowest BCUT2D eigenvalue weighted by molar-refractivity contribution is 0.296. The van der Waals surface area contributed by atoms with Crippen molar-refractivity contribution in [1.82, 2.24) is 4.98 Å². The van der Waals surface area contributed by atoms with Crippen LogP contribution in [0.25, 0.3) is 0 Å². The summed E-state index contributed by atoms with van der Waals surface area (Å²) in [5.74, 6) is 0.315. The molecule has 0 saturated heterocycles. The summed E-state index contributed by atoms with van der Waals surface area (Å²) >= 11 is 0. The van der Waals surface area contributed by atoms with Crippen LogP contribution in [-0.4, -0.2) is 32.7 Å². The van der Waals surface area contributed by atoms with E-state index in [0.29, 0.717) is 23.4 Å². The average Bonchev–Trinajstić information content (AvgIpc) is 2.89. The van der Waals surface area contributed by atoms with Gasteiger partial charge in [0.1, 0.15) is 11.9 Å². The molecule has 0 aliphatic carbocycles. The summed E-state index contributed by atoms with van der Waals surface area (Å²) < 4.78 is 67.0. The van der Waals surface area contributed by atoms with Crippen molar-refractivity contribution in [3.63, 3.8) is 0 Å². The topological polar surface area (TPSA) is 84.4 Å². The van der Waals surface area contributed by atoms with Gasteiger partial charge in [0.15, 0.2) is 0 Å². The van der Waals surface area contributed by atoms with E-state index in [1.54, 1.807) is 42.5 Å². The molecule has 1 aromatic heterocycles. The van der Waals surface area contributed by atoms with E-state index in [1.807, 2.05) is 0 Å². The fraction of sp³-hybridized carbons (Fsp3) is 0.190. The largest absolute Gasteiger partial charge is 0.344 e. The zero-order valence-corrected chi connectivity index (χ0v) is 17.3. The zero-order chi connectivity index (χ0) is 21.1. The molecular formula is C21H17FN2O4S2. The highest BCUT2D eigenvalue weighted by Gasteiger charge is 2.70. The minimum absolute atomic E-state index is 0.228. The number of nitrogens with zero attached hydrogens (tertiary/aromatic N) is 2. The molecule has 5 rings (SSSR count). The molecule has 30 heavy (non-hydrogen) atoms. The van der Waals surface area contributed by atoms with Crippen molar-refractivity contribution in [3.8, 4) is 0 Å². The number of hydrogen-bond acceptors (Lipinski definition) is 6. The third kappa shape index (κ3) is 2.30. The second kappa shape index (κ2) is 6.36. The molecule has 2 aliphatic rings. The first kappa shape index (κ1) is 19.2. The second-order valence-electron chi connectivity index (χ2n) is 7.27. The van der Waals surface area contributed by atoms with Gasteiger partial charge >= 0.3 is 4.33 Å². The second-order valence-corrected chi connectivity index (χ2v) is 11.6. The third-order valence-electron chi connectivity index (χ3n) is 5.71. The number of alkyl halides is 1. The van der Waals surface area contributed by atoms with Crippen molar-refractivity contribution >= 4 is 25.5 Å². The number of benzene rings is 2. The highest BCUT2D eigenvalue weighted by molar-refractivity contribution is 8.12. The molecule has 0 N–H and O–H groups in total. The molecule has 9 heteroatoms. The molecule has 2 aromatic carbocycles. The smallest absolute Gasteiger partial charge is 0.341 e. The first-order chi connectivity index (χ1) is 14.3. The molecule has 0 radical (unpaired) electrons. The van der Waals surface area contributed by atoms with Crippen LogP contribution in [0.5, 0.6) is 0 Å². The van der Waals surface area contributed by atoms with Crippen LogP contribution >= 0.6 is 0 Å². The fourth-order valence-electron chi connectivity index (χ4n) is 4.34. The summed E-state index contributed by atoms with van der Waals surface area (Å²) in [4.78, 5) is 4.68. The molecule has 1 atom stereocenters. The van der Waals surface area contributed by atoms with Crippen LogP contribution < -0.4 is 4.90 Å². The molecule has 0 spiro atoms. The predicted octanol–water partition coefficient (Wildman–Crippen LogP) is 3.07.